The van der Waals surface area contributed by atoms with Gasteiger partial charge in [-0.25, -0.2) is 9.97 Å². The minimum absolute atomic E-state index is 0.628. The minimum Gasteiger partial charge on any atom is -0.356 e. The van der Waals surface area contributed by atoms with Crippen molar-refractivity contribution in [2.75, 3.05) is 24.2 Å². The molecule has 2 aromatic heterocycles. The smallest absolute Gasteiger partial charge is 0.197 e. The Bertz CT molecular complexity index is 977. The molecule has 0 saturated carbocycles. The lowest BCUT2D eigenvalue weighted by Gasteiger charge is -2.13. The van der Waals surface area contributed by atoms with Crippen molar-refractivity contribution in [3.05, 3.63) is 35.0 Å². The second-order valence-electron chi connectivity index (χ2n) is 5.87. The van der Waals surface area contributed by atoms with Crippen LogP contribution < -0.4 is 10.6 Å². The first-order valence-electron chi connectivity index (χ1n) is 8.68. The molecule has 1 aliphatic heterocycles. The Kier molecular flexibility index (Phi) is 5.61. The summed E-state index contributed by atoms with van der Waals surface area (Å²) in [5, 5.41) is 12.2. The van der Waals surface area contributed by atoms with Gasteiger partial charge in [0, 0.05) is 40.1 Å². The Morgan fingerprint density at radius 1 is 1.15 bits per heavy atom. The van der Waals surface area contributed by atoms with E-state index in [1.54, 1.807) is 11.3 Å². The molecule has 0 aliphatic carbocycles. The van der Waals surface area contributed by atoms with Crippen LogP contribution >= 0.6 is 22.7 Å². The van der Waals surface area contributed by atoms with E-state index in [1.807, 2.05) is 41.9 Å². The molecule has 6 nitrogen and oxygen atoms in total. The molecule has 9 heteroatoms. The highest BCUT2D eigenvalue weighted by Crippen LogP contribution is 2.31. The van der Waals surface area contributed by atoms with Crippen molar-refractivity contribution in [1.29, 1.82) is 0 Å². The summed E-state index contributed by atoms with van der Waals surface area (Å²) in [5.74, 6) is 1.41. The van der Waals surface area contributed by atoms with Gasteiger partial charge in [0.1, 0.15) is 16.4 Å². The summed E-state index contributed by atoms with van der Waals surface area (Å²) in [6.45, 7) is 3.70. The van der Waals surface area contributed by atoms with Crippen molar-refractivity contribution >= 4 is 44.6 Å². The van der Waals surface area contributed by atoms with Crippen molar-refractivity contribution in [2.24, 2.45) is 4.99 Å². The Balaban J connectivity index is 1.49. The third-order valence-electron chi connectivity index (χ3n) is 4.02. The summed E-state index contributed by atoms with van der Waals surface area (Å²) in [7, 11) is -0.928. The van der Waals surface area contributed by atoms with E-state index in [2.05, 4.69) is 20.6 Å². The highest BCUT2D eigenvalue weighted by Gasteiger charge is 2.12. The Morgan fingerprint density at radius 2 is 1.93 bits per heavy atom. The van der Waals surface area contributed by atoms with E-state index in [9.17, 15) is 4.21 Å². The number of nitrogens with zero attached hydrogens (tertiary/aromatic N) is 3. The predicted molar refractivity (Wildman–Crippen MR) is 114 cm³/mol. The number of hydrogen-bond acceptors (Lipinski definition) is 8. The van der Waals surface area contributed by atoms with Crippen LogP contribution in [0.3, 0.4) is 0 Å². The maximum atomic E-state index is 11.9. The van der Waals surface area contributed by atoms with Crippen molar-refractivity contribution in [3.63, 3.8) is 0 Å². The van der Waals surface area contributed by atoms with Gasteiger partial charge in [-0.15, -0.1) is 22.7 Å². The molecular weight excluding hydrogens is 398 g/mol. The van der Waals surface area contributed by atoms with E-state index in [4.69, 9.17) is 4.98 Å². The van der Waals surface area contributed by atoms with E-state index < -0.39 is 10.8 Å². The average Bonchev–Trinajstić information content (AvgIpc) is 3.38. The topological polar surface area (TPSA) is 79.3 Å². The molecule has 0 bridgehead atoms. The van der Waals surface area contributed by atoms with E-state index >= 15 is 0 Å². The number of rotatable bonds is 5. The molecule has 0 amide bonds. The lowest BCUT2D eigenvalue weighted by Crippen LogP contribution is -2.35. The number of benzene rings is 1. The Hall–Kier alpha value is -2.10. The van der Waals surface area contributed by atoms with Gasteiger partial charge in [-0.05, 0) is 18.6 Å². The molecule has 0 radical (unpaired) electrons. The number of nitrogens with one attached hydrogen (secondary N) is 2. The highest BCUT2D eigenvalue weighted by atomic mass is 32.2. The molecule has 1 aliphatic rings. The highest BCUT2D eigenvalue weighted by molar-refractivity contribution is 7.85. The number of anilines is 1. The first-order valence-corrected chi connectivity index (χ1v) is 11.8. The molecule has 3 aromatic rings. The number of guanidine groups is 1. The Labute approximate surface area is 168 Å². The van der Waals surface area contributed by atoms with Crippen LogP contribution in [0.4, 0.5) is 5.13 Å². The van der Waals surface area contributed by atoms with Crippen molar-refractivity contribution in [1.82, 2.24) is 15.3 Å². The molecule has 1 unspecified atom stereocenters. The fourth-order valence-electron chi connectivity index (χ4n) is 2.61. The van der Waals surface area contributed by atoms with E-state index in [1.165, 1.54) is 11.3 Å². The van der Waals surface area contributed by atoms with Gasteiger partial charge < -0.3 is 10.6 Å². The third kappa shape index (κ3) is 4.26. The summed E-state index contributed by atoms with van der Waals surface area (Å²) in [5.41, 5.74) is 2.74. The lowest BCUT2D eigenvalue weighted by atomic mass is 10.2. The fourth-order valence-corrected chi connectivity index (χ4v) is 4.90. The molecule has 140 valence electrons. The molecule has 0 fully saturated rings. The van der Waals surface area contributed by atoms with Crippen LogP contribution in [0.25, 0.3) is 22.0 Å². The van der Waals surface area contributed by atoms with Crippen LogP contribution in [0.15, 0.2) is 44.9 Å². The summed E-state index contributed by atoms with van der Waals surface area (Å²) >= 11 is 3.12. The minimum atomic E-state index is -0.928. The van der Waals surface area contributed by atoms with Gasteiger partial charge in [-0.2, -0.15) is 0 Å². The first-order chi connectivity index (χ1) is 13.2. The fraction of sp³-hybridized carbons (Fsp3) is 0.278. The second-order valence-corrected chi connectivity index (χ2v) is 9.33. The van der Waals surface area contributed by atoms with Crippen LogP contribution in [-0.4, -0.2) is 39.0 Å². The number of aliphatic imine (C=N–C) groups is 1. The van der Waals surface area contributed by atoms with E-state index in [-0.39, 0.29) is 0 Å². The van der Waals surface area contributed by atoms with Gasteiger partial charge in [-0.3, -0.25) is 9.20 Å². The normalized spacial score (nSPS) is 15.1. The Morgan fingerprint density at radius 3 is 2.67 bits per heavy atom. The maximum absolute atomic E-state index is 11.9. The number of hydrogen-bond donors (Lipinski definition) is 2. The molecule has 2 N–H and O–H groups in total. The van der Waals surface area contributed by atoms with E-state index in [0.29, 0.717) is 5.75 Å². The molecular formula is C18H19N5OS3. The van der Waals surface area contributed by atoms with Gasteiger partial charge in [0.25, 0.3) is 0 Å². The number of thiazole rings is 2. The average molecular weight is 418 g/mol. The SMILES string of the molecule is CCS(=O)c1ccc(-c2nc(-c3csc(NC4=NCCCN4)n3)cs2)cc1. The summed E-state index contributed by atoms with van der Waals surface area (Å²) in [6.07, 6.45) is 1.06. The predicted octanol–water partition coefficient (Wildman–Crippen LogP) is 3.82. The quantitative estimate of drug-likeness (QED) is 0.660. The van der Waals surface area contributed by atoms with Crippen LogP contribution in [-0.2, 0) is 10.8 Å². The lowest BCUT2D eigenvalue weighted by molar-refractivity contribution is 0.684. The summed E-state index contributed by atoms with van der Waals surface area (Å²) < 4.78 is 11.9. The summed E-state index contributed by atoms with van der Waals surface area (Å²) in [6, 6.07) is 7.79. The van der Waals surface area contributed by atoms with Crippen molar-refractivity contribution in [2.45, 2.75) is 18.2 Å². The largest absolute Gasteiger partial charge is 0.356 e. The maximum Gasteiger partial charge on any atom is 0.197 e. The van der Waals surface area contributed by atoms with Crippen LogP contribution in [0.5, 0.6) is 0 Å². The van der Waals surface area contributed by atoms with Gasteiger partial charge in [0.05, 0.1) is 10.8 Å². The molecule has 27 heavy (non-hydrogen) atoms. The monoisotopic (exact) mass is 417 g/mol. The molecule has 0 saturated heterocycles. The molecule has 1 atom stereocenters. The standard InChI is InChI=1S/C18H19N5OS3/c1-2-27(24)13-6-4-12(5-7-13)16-21-14(10-25-16)15-11-26-18(22-15)23-17-19-8-3-9-20-17/h4-7,10-11H,2-3,8-9H2,1H3,(H2,19,20,22,23). The molecule has 4 rings (SSSR count). The van der Waals surface area contributed by atoms with Gasteiger partial charge in [0.15, 0.2) is 11.1 Å². The zero-order valence-electron chi connectivity index (χ0n) is 14.8. The summed E-state index contributed by atoms with van der Waals surface area (Å²) in [4.78, 5) is 14.6. The van der Waals surface area contributed by atoms with Gasteiger partial charge in [-0.1, -0.05) is 19.1 Å². The van der Waals surface area contributed by atoms with Crippen LogP contribution in [0.1, 0.15) is 13.3 Å². The zero-order valence-corrected chi connectivity index (χ0v) is 17.2. The van der Waals surface area contributed by atoms with Crippen LogP contribution in [0.2, 0.25) is 0 Å². The zero-order chi connectivity index (χ0) is 18.6. The van der Waals surface area contributed by atoms with Crippen molar-refractivity contribution < 1.29 is 4.21 Å². The molecule has 1 aromatic carbocycles. The molecule has 3 heterocycles. The third-order valence-corrected chi connectivity index (χ3v) is 6.99. The second kappa shape index (κ2) is 8.28. The van der Waals surface area contributed by atoms with Crippen LogP contribution in [0, 0.1) is 0 Å². The number of aromatic nitrogens is 2. The molecule has 0 spiro atoms. The van der Waals surface area contributed by atoms with Gasteiger partial charge >= 0.3 is 0 Å². The van der Waals surface area contributed by atoms with Gasteiger partial charge in [0.2, 0.25) is 0 Å². The van der Waals surface area contributed by atoms with E-state index in [0.717, 1.165) is 57.5 Å². The van der Waals surface area contributed by atoms with Crippen molar-refractivity contribution in [3.8, 4) is 22.0 Å². The first kappa shape index (κ1) is 18.3.